The van der Waals surface area contributed by atoms with Crippen LogP contribution in [-0.4, -0.2) is 16.5 Å². The number of nitro groups is 2. The molecule has 1 aromatic carbocycles. The normalized spacial score (nSPS) is 10.1. The molecule has 7 nitrogen and oxygen atoms in total. The molecule has 0 aliphatic heterocycles. The van der Waals surface area contributed by atoms with Crippen LogP contribution < -0.4 is 4.74 Å². The molecular weight excluding hydrogens is 240 g/mol. The Kier molecular flexibility index (Phi) is 5.04. The third-order valence-corrected chi connectivity index (χ3v) is 2.36. The van der Waals surface area contributed by atoms with E-state index in [1.165, 1.54) is 12.1 Å². The summed E-state index contributed by atoms with van der Waals surface area (Å²) in [5.74, 6) is 0.0710. The third kappa shape index (κ3) is 3.69. The molecule has 0 bridgehead atoms. The lowest BCUT2D eigenvalue weighted by Gasteiger charge is -2.05. The number of benzene rings is 1. The van der Waals surface area contributed by atoms with Crippen molar-refractivity contribution in [2.24, 2.45) is 0 Å². The first-order chi connectivity index (χ1) is 8.56. The van der Waals surface area contributed by atoms with Crippen molar-refractivity contribution in [2.75, 3.05) is 6.61 Å². The number of hydrogen-bond acceptors (Lipinski definition) is 5. The van der Waals surface area contributed by atoms with Crippen molar-refractivity contribution in [3.8, 4) is 5.75 Å². The van der Waals surface area contributed by atoms with Crippen LogP contribution in [0.3, 0.4) is 0 Å². The van der Waals surface area contributed by atoms with Gasteiger partial charge in [0.15, 0.2) is 5.75 Å². The van der Waals surface area contributed by atoms with Gasteiger partial charge in [0.1, 0.15) is 0 Å². The summed E-state index contributed by atoms with van der Waals surface area (Å²) >= 11 is 0. The summed E-state index contributed by atoms with van der Waals surface area (Å²) in [6, 6.07) is 3.37. The highest BCUT2D eigenvalue weighted by molar-refractivity contribution is 5.53. The largest absolute Gasteiger partial charge is 0.487 e. The van der Waals surface area contributed by atoms with Crippen LogP contribution in [0, 0.1) is 20.2 Å². The van der Waals surface area contributed by atoms with E-state index in [2.05, 4.69) is 0 Å². The quantitative estimate of drug-likeness (QED) is 0.423. The third-order valence-electron chi connectivity index (χ3n) is 2.36. The fourth-order valence-electron chi connectivity index (χ4n) is 1.42. The Bertz CT molecular complexity index is 447. The molecule has 1 aromatic rings. The maximum absolute atomic E-state index is 10.8. The molecule has 0 saturated carbocycles. The Hall–Kier alpha value is -2.18. The Labute approximate surface area is 104 Å². The lowest BCUT2D eigenvalue weighted by molar-refractivity contribution is -0.394. The number of non-ortho nitro benzene ring substituents is 1. The second-order valence-electron chi connectivity index (χ2n) is 3.72. The van der Waals surface area contributed by atoms with Gasteiger partial charge in [-0.15, -0.1) is 0 Å². The Morgan fingerprint density at radius 2 is 1.89 bits per heavy atom. The highest BCUT2D eigenvalue weighted by Gasteiger charge is 2.20. The van der Waals surface area contributed by atoms with Crippen molar-refractivity contribution < 1.29 is 14.6 Å². The Balaban J connectivity index is 2.83. The number of nitrogens with zero attached hydrogens (tertiary/aromatic N) is 2. The standard InChI is InChI=1S/C11H14N2O5/c1-2-3-4-7-18-11-6-5-9(12(14)15)8-10(11)13(16)17/h5-6,8H,2-4,7H2,1H3. The maximum atomic E-state index is 10.8. The number of ether oxygens (including phenoxy) is 1. The van der Waals surface area contributed by atoms with E-state index in [0.717, 1.165) is 25.3 Å². The molecule has 0 atom stereocenters. The predicted octanol–water partition coefficient (Wildman–Crippen LogP) is 3.07. The molecule has 18 heavy (non-hydrogen) atoms. The van der Waals surface area contributed by atoms with E-state index < -0.39 is 9.85 Å². The molecule has 0 aliphatic carbocycles. The number of nitro benzene ring substituents is 2. The highest BCUT2D eigenvalue weighted by Crippen LogP contribution is 2.31. The van der Waals surface area contributed by atoms with Crippen LogP contribution in [0.2, 0.25) is 0 Å². The van der Waals surface area contributed by atoms with Gasteiger partial charge in [0.25, 0.3) is 5.69 Å². The Morgan fingerprint density at radius 1 is 1.17 bits per heavy atom. The fourth-order valence-corrected chi connectivity index (χ4v) is 1.42. The van der Waals surface area contributed by atoms with E-state index in [1.807, 2.05) is 6.92 Å². The summed E-state index contributed by atoms with van der Waals surface area (Å²) in [6.45, 7) is 2.40. The number of hydrogen-bond donors (Lipinski definition) is 0. The van der Waals surface area contributed by atoms with Crippen LogP contribution in [0.25, 0.3) is 0 Å². The summed E-state index contributed by atoms with van der Waals surface area (Å²) in [5, 5.41) is 21.3. The molecule has 0 heterocycles. The van der Waals surface area contributed by atoms with E-state index >= 15 is 0 Å². The molecule has 0 radical (unpaired) electrons. The van der Waals surface area contributed by atoms with Gasteiger partial charge in [0.2, 0.25) is 0 Å². The SMILES string of the molecule is CCCCCOc1ccc([N+](=O)[O-])cc1[N+](=O)[O-]. The zero-order valence-electron chi connectivity index (χ0n) is 10.00. The average molecular weight is 254 g/mol. The van der Waals surface area contributed by atoms with Gasteiger partial charge in [-0.05, 0) is 12.5 Å². The summed E-state index contributed by atoms with van der Waals surface area (Å²) in [6.07, 6.45) is 2.79. The van der Waals surface area contributed by atoms with Crippen LogP contribution in [0.1, 0.15) is 26.2 Å². The molecule has 98 valence electrons. The molecule has 0 saturated heterocycles. The first-order valence-electron chi connectivity index (χ1n) is 5.62. The van der Waals surface area contributed by atoms with Gasteiger partial charge < -0.3 is 4.74 Å². The highest BCUT2D eigenvalue weighted by atomic mass is 16.6. The minimum Gasteiger partial charge on any atom is -0.487 e. The van der Waals surface area contributed by atoms with Crippen LogP contribution in [-0.2, 0) is 0 Å². The molecule has 7 heteroatoms. The van der Waals surface area contributed by atoms with Crippen LogP contribution >= 0.6 is 0 Å². The molecular formula is C11H14N2O5. The van der Waals surface area contributed by atoms with Crippen molar-refractivity contribution in [3.05, 3.63) is 38.4 Å². The van der Waals surface area contributed by atoms with Crippen molar-refractivity contribution in [1.29, 1.82) is 0 Å². The van der Waals surface area contributed by atoms with Gasteiger partial charge in [-0.3, -0.25) is 20.2 Å². The monoisotopic (exact) mass is 254 g/mol. The zero-order chi connectivity index (χ0) is 13.5. The summed E-state index contributed by atoms with van der Waals surface area (Å²) in [5.41, 5.74) is -0.691. The first-order valence-corrected chi connectivity index (χ1v) is 5.62. The minimum absolute atomic E-state index is 0.0710. The van der Waals surface area contributed by atoms with Crippen molar-refractivity contribution in [2.45, 2.75) is 26.2 Å². The topological polar surface area (TPSA) is 95.5 Å². The van der Waals surface area contributed by atoms with Crippen LogP contribution in [0.15, 0.2) is 18.2 Å². The predicted molar refractivity (Wildman–Crippen MR) is 64.8 cm³/mol. The zero-order valence-corrected chi connectivity index (χ0v) is 10.00. The Morgan fingerprint density at radius 3 is 2.44 bits per heavy atom. The molecule has 0 amide bonds. The van der Waals surface area contributed by atoms with Gasteiger partial charge in [-0.25, -0.2) is 0 Å². The van der Waals surface area contributed by atoms with Gasteiger partial charge >= 0.3 is 5.69 Å². The van der Waals surface area contributed by atoms with E-state index in [9.17, 15) is 20.2 Å². The van der Waals surface area contributed by atoms with E-state index in [0.29, 0.717) is 6.61 Å². The summed E-state index contributed by atoms with van der Waals surface area (Å²) in [4.78, 5) is 20.0. The summed E-state index contributed by atoms with van der Waals surface area (Å²) in [7, 11) is 0. The van der Waals surface area contributed by atoms with Crippen molar-refractivity contribution >= 4 is 11.4 Å². The van der Waals surface area contributed by atoms with E-state index in [-0.39, 0.29) is 17.1 Å². The fraction of sp³-hybridized carbons (Fsp3) is 0.455. The van der Waals surface area contributed by atoms with Gasteiger partial charge in [-0.2, -0.15) is 0 Å². The maximum Gasteiger partial charge on any atom is 0.317 e. The number of unbranched alkanes of at least 4 members (excludes halogenated alkanes) is 2. The molecule has 0 spiro atoms. The molecule has 0 aromatic heterocycles. The lowest BCUT2D eigenvalue weighted by atomic mass is 10.2. The molecule has 0 aliphatic rings. The van der Waals surface area contributed by atoms with E-state index in [4.69, 9.17) is 4.74 Å². The lowest BCUT2D eigenvalue weighted by Crippen LogP contribution is -2.01. The van der Waals surface area contributed by atoms with Gasteiger partial charge in [0, 0.05) is 6.07 Å². The second kappa shape index (κ2) is 6.53. The summed E-state index contributed by atoms with van der Waals surface area (Å²) < 4.78 is 5.27. The van der Waals surface area contributed by atoms with Crippen LogP contribution in [0.5, 0.6) is 5.75 Å². The van der Waals surface area contributed by atoms with Crippen molar-refractivity contribution in [3.63, 3.8) is 0 Å². The molecule has 0 N–H and O–H groups in total. The molecule has 0 unspecified atom stereocenters. The first kappa shape index (κ1) is 13.9. The molecule has 1 rings (SSSR count). The van der Waals surface area contributed by atoms with Gasteiger partial charge in [-0.1, -0.05) is 19.8 Å². The number of rotatable bonds is 7. The van der Waals surface area contributed by atoms with Crippen LogP contribution in [0.4, 0.5) is 11.4 Å². The van der Waals surface area contributed by atoms with Gasteiger partial charge in [0.05, 0.1) is 22.5 Å². The van der Waals surface area contributed by atoms with E-state index in [1.54, 1.807) is 0 Å². The average Bonchev–Trinajstić information content (AvgIpc) is 2.34. The van der Waals surface area contributed by atoms with Crippen molar-refractivity contribution in [1.82, 2.24) is 0 Å². The molecule has 0 fully saturated rings. The second-order valence-corrected chi connectivity index (χ2v) is 3.72. The minimum atomic E-state index is -0.678. The smallest absolute Gasteiger partial charge is 0.317 e.